The number of carbonyl (C=O) groups excluding carboxylic acids is 1. The van der Waals surface area contributed by atoms with Crippen LogP contribution in [0.15, 0.2) is 35.0 Å². The maximum absolute atomic E-state index is 12.6. The molecule has 1 saturated heterocycles. The Morgan fingerprint density at radius 1 is 1.44 bits per heavy atom. The van der Waals surface area contributed by atoms with Gasteiger partial charge in [0.1, 0.15) is 11.9 Å². The van der Waals surface area contributed by atoms with Crippen molar-refractivity contribution in [2.24, 2.45) is 23.2 Å². The summed E-state index contributed by atoms with van der Waals surface area (Å²) in [5.41, 5.74) is 1.68. The predicted octanol–water partition coefficient (Wildman–Crippen LogP) is 4.50. The van der Waals surface area contributed by atoms with Crippen molar-refractivity contribution in [3.63, 3.8) is 0 Å². The quantitative estimate of drug-likeness (QED) is 0.591. The Balaban J connectivity index is 1.34. The molecule has 2 aliphatic carbocycles. The molecule has 0 amide bonds. The second-order valence-electron chi connectivity index (χ2n) is 9.33. The summed E-state index contributed by atoms with van der Waals surface area (Å²) in [6, 6.07) is 4.29. The number of nitrogens with one attached hydrogen (secondary N) is 1. The van der Waals surface area contributed by atoms with Crippen LogP contribution >= 0.6 is 0 Å². The summed E-state index contributed by atoms with van der Waals surface area (Å²) < 4.78 is 11.3. The summed E-state index contributed by atoms with van der Waals surface area (Å²) in [6.07, 6.45) is 9.45. The topological polar surface area (TPSA) is 51.5 Å². The van der Waals surface area contributed by atoms with Gasteiger partial charge in [-0.25, -0.2) is 0 Å². The van der Waals surface area contributed by atoms with E-state index in [4.69, 9.17) is 9.15 Å². The highest BCUT2D eigenvalue weighted by Gasteiger charge is 2.54. The van der Waals surface area contributed by atoms with Gasteiger partial charge in [0.15, 0.2) is 0 Å². The van der Waals surface area contributed by atoms with Crippen molar-refractivity contribution in [3.8, 4) is 0 Å². The molecule has 0 aromatic carbocycles. The molecule has 1 N–H and O–H groups in total. The van der Waals surface area contributed by atoms with Crippen molar-refractivity contribution in [3.05, 3.63) is 36.3 Å². The molecular formula is C23H33NO3. The van der Waals surface area contributed by atoms with Gasteiger partial charge in [-0.05, 0) is 68.9 Å². The molecule has 148 valence electrons. The summed E-state index contributed by atoms with van der Waals surface area (Å²) in [5.74, 6) is 1.91. The fourth-order valence-electron chi connectivity index (χ4n) is 5.73. The Morgan fingerprint density at radius 3 is 3.07 bits per heavy atom. The highest BCUT2D eigenvalue weighted by Crippen LogP contribution is 2.56. The Hall–Kier alpha value is -1.55. The van der Waals surface area contributed by atoms with Gasteiger partial charge >= 0.3 is 5.97 Å². The Bertz CT molecular complexity index is 682. The third-order valence-corrected chi connectivity index (χ3v) is 7.41. The lowest BCUT2D eigenvalue weighted by atomic mass is 9.55. The second-order valence-corrected chi connectivity index (χ2v) is 9.33. The van der Waals surface area contributed by atoms with E-state index in [0.29, 0.717) is 17.9 Å². The van der Waals surface area contributed by atoms with E-state index < -0.39 is 0 Å². The van der Waals surface area contributed by atoms with Crippen molar-refractivity contribution >= 4 is 5.97 Å². The fourth-order valence-corrected chi connectivity index (χ4v) is 5.73. The highest BCUT2D eigenvalue weighted by molar-refractivity contribution is 5.75. The van der Waals surface area contributed by atoms with Crippen LogP contribution < -0.4 is 5.32 Å². The number of furan rings is 1. The molecular weight excluding hydrogens is 338 g/mol. The molecule has 4 rings (SSSR count). The lowest BCUT2D eigenvalue weighted by molar-refractivity contribution is -0.146. The number of hydrogen-bond acceptors (Lipinski definition) is 4. The standard InChI is InChI=1S/C23H33NO3/c1-15-6-4-10-23(3)13-21-18(12-20(15)23)19(22(25)27-21)14-24-16(2)8-9-17-7-5-11-26-17/h5,7,11,16,18-21,24H,1,4,6,8-10,12-14H2,2-3H3. The van der Waals surface area contributed by atoms with Gasteiger partial charge in [-0.1, -0.05) is 19.1 Å². The minimum absolute atomic E-state index is 0.00333. The minimum Gasteiger partial charge on any atom is -0.469 e. The summed E-state index contributed by atoms with van der Waals surface area (Å²) in [7, 11) is 0. The molecule has 1 aromatic rings. The van der Waals surface area contributed by atoms with Crippen LogP contribution in [0.25, 0.3) is 0 Å². The Labute approximate surface area is 162 Å². The van der Waals surface area contributed by atoms with Gasteiger partial charge in [0.2, 0.25) is 0 Å². The molecule has 27 heavy (non-hydrogen) atoms. The van der Waals surface area contributed by atoms with E-state index >= 15 is 0 Å². The molecule has 1 aliphatic heterocycles. The lowest BCUT2D eigenvalue weighted by Gasteiger charge is -2.50. The molecule has 0 bridgehead atoms. The van der Waals surface area contributed by atoms with E-state index in [2.05, 4.69) is 25.7 Å². The van der Waals surface area contributed by atoms with Crippen LogP contribution in [-0.2, 0) is 16.0 Å². The smallest absolute Gasteiger partial charge is 0.310 e. The summed E-state index contributed by atoms with van der Waals surface area (Å²) in [5, 5.41) is 3.58. The molecule has 3 fully saturated rings. The number of esters is 1. The largest absolute Gasteiger partial charge is 0.469 e. The van der Waals surface area contributed by atoms with Crippen molar-refractivity contribution < 1.29 is 13.9 Å². The molecule has 6 atom stereocenters. The van der Waals surface area contributed by atoms with E-state index in [1.807, 2.05) is 12.1 Å². The number of rotatable bonds is 6. The first-order valence-corrected chi connectivity index (χ1v) is 10.6. The zero-order valence-electron chi connectivity index (χ0n) is 16.7. The van der Waals surface area contributed by atoms with Crippen molar-refractivity contribution in [2.75, 3.05) is 6.54 Å². The van der Waals surface area contributed by atoms with Crippen LogP contribution in [0.1, 0.15) is 58.1 Å². The number of allylic oxidation sites excluding steroid dienone is 1. The van der Waals surface area contributed by atoms with Gasteiger partial charge in [0.25, 0.3) is 0 Å². The van der Waals surface area contributed by atoms with Crippen molar-refractivity contribution in [2.45, 2.75) is 70.9 Å². The van der Waals surface area contributed by atoms with Gasteiger partial charge in [0, 0.05) is 24.9 Å². The Kier molecular flexibility index (Phi) is 5.19. The first-order valence-electron chi connectivity index (χ1n) is 10.6. The molecule has 2 saturated carbocycles. The third-order valence-electron chi connectivity index (χ3n) is 7.41. The van der Waals surface area contributed by atoms with Crippen molar-refractivity contribution in [1.29, 1.82) is 0 Å². The molecule has 0 spiro atoms. The zero-order valence-corrected chi connectivity index (χ0v) is 16.7. The first-order chi connectivity index (χ1) is 13.0. The number of ether oxygens (including phenoxy) is 1. The number of aryl methyl sites for hydroxylation is 1. The number of fused-ring (bicyclic) bond motifs is 2. The molecule has 1 aromatic heterocycles. The normalized spacial score (nSPS) is 36.8. The van der Waals surface area contributed by atoms with E-state index in [1.165, 1.54) is 18.4 Å². The van der Waals surface area contributed by atoms with E-state index in [1.54, 1.807) is 6.26 Å². The van der Waals surface area contributed by atoms with E-state index in [9.17, 15) is 4.79 Å². The Morgan fingerprint density at radius 2 is 2.30 bits per heavy atom. The SMILES string of the molecule is C=C1CCCC2(C)CC3OC(=O)C(CNC(C)CCc4ccco4)C3CC12. The van der Waals surface area contributed by atoms with Gasteiger partial charge in [-0.3, -0.25) is 4.79 Å². The monoisotopic (exact) mass is 371 g/mol. The second kappa shape index (κ2) is 7.46. The van der Waals surface area contributed by atoms with Crippen LogP contribution in [0, 0.1) is 23.2 Å². The highest BCUT2D eigenvalue weighted by atomic mass is 16.6. The lowest BCUT2D eigenvalue weighted by Crippen LogP contribution is -2.45. The molecule has 6 unspecified atom stereocenters. The average molecular weight is 372 g/mol. The first kappa shape index (κ1) is 18.8. The number of carbonyl (C=O) groups is 1. The van der Waals surface area contributed by atoms with Crippen LogP contribution in [0.3, 0.4) is 0 Å². The molecule has 2 heterocycles. The maximum Gasteiger partial charge on any atom is 0.310 e. The van der Waals surface area contributed by atoms with Gasteiger partial charge in [-0.2, -0.15) is 0 Å². The maximum atomic E-state index is 12.6. The molecule has 0 radical (unpaired) electrons. The predicted molar refractivity (Wildman–Crippen MR) is 105 cm³/mol. The number of hydrogen-bond donors (Lipinski definition) is 1. The van der Waals surface area contributed by atoms with Gasteiger partial charge in [-0.15, -0.1) is 0 Å². The van der Waals surface area contributed by atoms with Crippen LogP contribution in [-0.4, -0.2) is 24.7 Å². The minimum atomic E-state index is -0.0136. The van der Waals surface area contributed by atoms with Crippen molar-refractivity contribution in [1.82, 2.24) is 5.32 Å². The van der Waals surface area contributed by atoms with Crippen LogP contribution in [0.5, 0.6) is 0 Å². The molecule has 3 aliphatic rings. The fraction of sp³-hybridized carbons (Fsp3) is 0.696. The third kappa shape index (κ3) is 3.73. The molecule has 4 nitrogen and oxygen atoms in total. The zero-order chi connectivity index (χ0) is 19.0. The molecule has 4 heteroatoms. The van der Waals surface area contributed by atoms with Gasteiger partial charge in [0.05, 0.1) is 12.2 Å². The van der Waals surface area contributed by atoms with Crippen LogP contribution in [0.4, 0.5) is 0 Å². The van der Waals surface area contributed by atoms with E-state index in [-0.39, 0.29) is 23.4 Å². The van der Waals surface area contributed by atoms with Gasteiger partial charge < -0.3 is 14.5 Å². The van der Waals surface area contributed by atoms with Crippen LogP contribution in [0.2, 0.25) is 0 Å². The summed E-state index contributed by atoms with van der Waals surface area (Å²) in [6.45, 7) is 9.66. The summed E-state index contributed by atoms with van der Waals surface area (Å²) in [4.78, 5) is 12.6. The van der Waals surface area contributed by atoms with E-state index in [0.717, 1.165) is 44.4 Å². The summed E-state index contributed by atoms with van der Waals surface area (Å²) >= 11 is 0. The average Bonchev–Trinajstić information content (AvgIpc) is 3.23.